The first kappa shape index (κ1) is 17.9. The van der Waals surface area contributed by atoms with Gasteiger partial charge in [0.15, 0.2) is 9.84 Å². The maximum absolute atomic E-state index is 12.2. The average Bonchev–Trinajstić information content (AvgIpc) is 2.57. The second kappa shape index (κ2) is 6.78. The summed E-state index contributed by atoms with van der Waals surface area (Å²) in [5, 5.41) is 6.57. The molecule has 1 aliphatic heterocycles. The number of carbonyl (C=O) groups excluding carboxylic acids is 1. The highest BCUT2D eigenvalue weighted by atomic mass is 35.5. The molecule has 0 saturated carbocycles. The molecule has 130 valence electrons. The molecule has 0 unspecified atom stereocenters. The smallest absolute Gasteiger partial charge is 0.247 e. The Kier molecular flexibility index (Phi) is 4.86. The zero-order valence-electron chi connectivity index (χ0n) is 13.2. The highest BCUT2D eigenvalue weighted by Crippen LogP contribution is 2.27. The van der Waals surface area contributed by atoms with Crippen molar-refractivity contribution in [3.8, 4) is 0 Å². The molecule has 1 heterocycles. The minimum Gasteiger partial charge on any atom is -0.273 e. The number of halogens is 2. The molecule has 1 amide bonds. The highest BCUT2D eigenvalue weighted by molar-refractivity contribution is 7.90. The molecule has 1 aliphatic rings. The van der Waals surface area contributed by atoms with Gasteiger partial charge in [0.2, 0.25) is 5.91 Å². The van der Waals surface area contributed by atoms with Crippen LogP contribution in [0.15, 0.2) is 52.5 Å². The molecule has 0 N–H and O–H groups in total. The second-order valence-corrected chi connectivity index (χ2v) is 8.48. The van der Waals surface area contributed by atoms with E-state index < -0.39 is 9.84 Å². The number of amides is 1. The summed E-state index contributed by atoms with van der Waals surface area (Å²) in [6.07, 6.45) is 1.93. The molecular weight excluding hydrogens is 383 g/mol. The van der Waals surface area contributed by atoms with Crippen molar-refractivity contribution >= 4 is 50.3 Å². The number of benzene rings is 2. The minimum absolute atomic E-state index is 0.157. The van der Waals surface area contributed by atoms with Gasteiger partial charge < -0.3 is 0 Å². The molecule has 5 nitrogen and oxygen atoms in total. The summed E-state index contributed by atoms with van der Waals surface area (Å²) < 4.78 is 23.1. The third-order valence-corrected chi connectivity index (χ3v) is 5.66. The van der Waals surface area contributed by atoms with Gasteiger partial charge >= 0.3 is 0 Å². The molecule has 2 aromatic rings. The second-order valence-electron chi connectivity index (χ2n) is 5.65. The summed E-state index contributed by atoms with van der Waals surface area (Å²) in [6.45, 7) is 0. The number of rotatable bonds is 3. The standard InChI is InChI=1S/C17H14Cl2N2O3S/c1-25(23,24)13-5-3-12(4-6-13)21-17(22)9-8-16(20-21)11-2-7-14(18)15(19)10-11/h2-7,10H,8-9H2,1H3. The predicted molar refractivity (Wildman–Crippen MR) is 99.3 cm³/mol. The Bertz CT molecular complexity index is 970. The van der Waals surface area contributed by atoms with Crippen LogP contribution in [0.5, 0.6) is 0 Å². The summed E-state index contributed by atoms with van der Waals surface area (Å²) in [7, 11) is -3.29. The number of hydrazone groups is 1. The van der Waals surface area contributed by atoms with Gasteiger partial charge in [0, 0.05) is 19.1 Å². The van der Waals surface area contributed by atoms with E-state index in [1.54, 1.807) is 30.3 Å². The quantitative estimate of drug-likeness (QED) is 0.788. The van der Waals surface area contributed by atoms with E-state index in [0.717, 1.165) is 11.8 Å². The monoisotopic (exact) mass is 396 g/mol. The van der Waals surface area contributed by atoms with Crippen LogP contribution in [-0.4, -0.2) is 26.3 Å². The first-order valence-corrected chi connectivity index (χ1v) is 10.1. The molecular formula is C17H14Cl2N2O3S. The molecule has 0 saturated heterocycles. The zero-order valence-corrected chi connectivity index (χ0v) is 15.6. The van der Waals surface area contributed by atoms with Crippen LogP contribution in [0, 0.1) is 0 Å². The van der Waals surface area contributed by atoms with Crippen LogP contribution in [0.1, 0.15) is 18.4 Å². The molecule has 0 atom stereocenters. The van der Waals surface area contributed by atoms with Crippen LogP contribution in [0.3, 0.4) is 0 Å². The van der Waals surface area contributed by atoms with E-state index in [1.807, 2.05) is 0 Å². The first-order valence-electron chi connectivity index (χ1n) is 7.42. The largest absolute Gasteiger partial charge is 0.273 e. The molecule has 0 bridgehead atoms. The fourth-order valence-corrected chi connectivity index (χ4v) is 3.40. The third kappa shape index (κ3) is 3.86. The fourth-order valence-electron chi connectivity index (χ4n) is 2.47. The Morgan fingerprint density at radius 3 is 2.28 bits per heavy atom. The highest BCUT2D eigenvalue weighted by Gasteiger charge is 2.23. The van der Waals surface area contributed by atoms with Crippen molar-refractivity contribution in [2.24, 2.45) is 5.10 Å². The Balaban J connectivity index is 1.97. The number of anilines is 1. The van der Waals surface area contributed by atoms with Crippen molar-refractivity contribution in [2.75, 3.05) is 11.3 Å². The summed E-state index contributed by atoms with van der Waals surface area (Å²) in [4.78, 5) is 12.4. The van der Waals surface area contributed by atoms with E-state index in [1.165, 1.54) is 17.1 Å². The first-order chi connectivity index (χ1) is 11.8. The summed E-state index contributed by atoms with van der Waals surface area (Å²) in [6, 6.07) is 11.2. The van der Waals surface area contributed by atoms with Crippen LogP contribution in [0.2, 0.25) is 10.0 Å². The lowest BCUT2D eigenvalue weighted by Gasteiger charge is -2.24. The lowest BCUT2D eigenvalue weighted by atomic mass is 10.0. The van der Waals surface area contributed by atoms with Gasteiger partial charge in [-0.05, 0) is 42.0 Å². The summed E-state index contributed by atoms with van der Waals surface area (Å²) in [5.74, 6) is -0.157. The van der Waals surface area contributed by atoms with Crippen molar-refractivity contribution in [3.63, 3.8) is 0 Å². The molecule has 0 aromatic heterocycles. The van der Waals surface area contributed by atoms with Gasteiger partial charge in [-0.2, -0.15) is 5.10 Å². The molecule has 8 heteroatoms. The lowest BCUT2D eigenvalue weighted by molar-refractivity contribution is -0.118. The van der Waals surface area contributed by atoms with E-state index in [2.05, 4.69) is 5.10 Å². The Morgan fingerprint density at radius 2 is 1.68 bits per heavy atom. The van der Waals surface area contributed by atoms with Crippen LogP contribution >= 0.6 is 23.2 Å². The van der Waals surface area contributed by atoms with Crippen molar-refractivity contribution in [3.05, 3.63) is 58.1 Å². The number of hydrogen-bond donors (Lipinski definition) is 0. The molecule has 0 aliphatic carbocycles. The summed E-state index contributed by atoms with van der Waals surface area (Å²) in [5.41, 5.74) is 2.01. The zero-order chi connectivity index (χ0) is 18.2. The van der Waals surface area contributed by atoms with E-state index in [9.17, 15) is 13.2 Å². The van der Waals surface area contributed by atoms with Crippen LogP contribution in [0.4, 0.5) is 5.69 Å². The number of hydrogen-bond acceptors (Lipinski definition) is 4. The van der Waals surface area contributed by atoms with E-state index in [0.29, 0.717) is 34.3 Å². The maximum atomic E-state index is 12.2. The van der Waals surface area contributed by atoms with E-state index in [-0.39, 0.29) is 10.8 Å². The van der Waals surface area contributed by atoms with Gasteiger partial charge in [-0.15, -0.1) is 0 Å². The molecule has 25 heavy (non-hydrogen) atoms. The minimum atomic E-state index is -3.29. The Labute approximate surface area is 155 Å². The maximum Gasteiger partial charge on any atom is 0.247 e. The third-order valence-electron chi connectivity index (χ3n) is 3.79. The van der Waals surface area contributed by atoms with Crippen molar-refractivity contribution in [2.45, 2.75) is 17.7 Å². The van der Waals surface area contributed by atoms with Gasteiger partial charge in [0.05, 0.1) is 26.3 Å². The molecule has 0 radical (unpaired) electrons. The number of nitrogens with zero attached hydrogens (tertiary/aromatic N) is 2. The number of carbonyl (C=O) groups is 1. The van der Waals surface area contributed by atoms with E-state index >= 15 is 0 Å². The Morgan fingerprint density at radius 1 is 1.00 bits per heavy atom. The molecule has 0 fully saturated rings. The molecule has 3 rings (SSSR count). The van der Waals surface area contributed by atoms with Crippen molar-refractivity contribution in [1.29, 1.82) is 0 Å². The van der Waals surface area contributed by atoms with Crippen LogP contribution < -0.4 is 5.01 Å². The van der Waals surface area contributed by atoms with Gasteiger partial charge in [-0.3, -0.25) is 4.79 Å². The van der Waals surface area contributed by atoms with Crippen molar-refractivity contribution in [1.82, 2.24) is 0 Å². The van der Waals surface area contributed by atoms with Gasteiger partial charge in [0.1, 0.15) is 0 Å². The average molecular weight is 397 g/mol. The lowest BCUT2D eigenvalue weighted by Crippen LogP contribution is -2.31. The summed E-state index contributed by atoms with van der Waals surface area (Å²) >= 11 is 12.0. The van der Waals surface area contributed by atoms with Gasteiger partial charge in [-0.25, -0.2) is 13.4 Å². The van der Waals surface area contributed by atoms with Gasteiger partial charge in [0.25, 0.3) is 0 Å². The topological polar surface area (TPSA) is 66.8 Å². The molecule has 0 spiro atoms. The van der Waals surface area contributed by atoms with E-state index in [4.69, 9.17) is 23.2 Å². The predicted octanol–water partition coefficient (Wildman–Crippen LogP) is 3.93. The van der Waals surface area contributed by atoms with Crippen molar-refractivity contribution < 1.29 is 13.2 Å². The Hall–Kier alpha value is -1.89. The van der Waals surface area contributed by atoms with Gasteiger partial charge in [-0.1, -0.05) is 29.3 Å². The normalized spacial score (nSPS) is 15.2. The van der Waals surface area contributed by atoms with Crippen LogP contribution in [-0.2, 0) is 14.6 Å². The fraction of sp³-hybridized carbons (Fsp3) is 0.176. The van der Waals surface area contributed by atoms with Crippen LogP contribution in [0.25, 0.3) is 0 Å². The number of sulfone groups is 1. The molecule has 2 aromatic carbocycles. The SMILES string of the molecule is CS(=O)(=O)c1ccc(N2N=C(c3ccc(Cl)c(Cl)c3)CCC2=O)cc1.